The number of carbonyl (C=O) groups is 2. The third-order valence-electron chi connectivity index (χ3n) is 4.48. The minimum Gasteiger partial charge on any atom is -0.326 e. The number of hydrogen-bond donors (Lipinski definition) is 1. The number of nitrogens with zero attached hydrogens (tertiary/aromatic N) is 1. The Balaban J connectivity index is 1.73. The molecule has 0 aliphatic carbocycles. The maximum atomic E-state index is 12.6. The van der Waals surface area contributed by atoms with E-state index in [0.717, 1.165) is 22.5 Å². The molecule has 1 N–H and O–H groups in total. The number of anilines is 2. The van der Waals surface area contributed by atoms with Crippen molar-refractivity contribution in [2.45, 2.75) is 20.3 Å². The molecular weight excluding hydrogens is 324 g/mol. The maximum Gasteiger partial charge on any atom is 0.229 e. The van der Waals surface area contributed by atoms with Gasteiger partial charge in [-0.25, -0.2) is 0 Å². The van der Waals surface area contributed by atoms with Crippen LogP contribution in [0.3, 0.4) is 0 Å². The summed E-state index contributed by atoms with van der Waals surface area (Å²) in [4.78, 5) is 26.5. The Hall–Kier alpha value is -2.33. The molecule has 124 valence electrons. The average Bonchev–Trinajstić information content (AvgIpc) is 2.94. The van der Waals surface area contributed by atoms with E-state index in [9.17, 15) is 9.59 Å². The molecule has 2 amide bonds. The molecule has 1 heterocycles. The average molecular weight is 343 g/mol. The molecule has 1 atom stereocenters. The van der Waals surface area contributed by atoms with Crippen molar-refractivity contribution in [2.24, 2.45) is 5.92 Å². The number of nitrogens with one attached hydrogen (secondary N) is 1. The SMILES string of the molecule is Cc1cccc(NC(=O)[C@@H]2CC(=O)N(c3cccc(Cl)c3)C2)c1C. The van der Waals surface area contributed by atoms with Gasteiger partial charge >= 0.3 is 0 Å². The number of amides is 2. The lowest BCUT2D eigenvalue weighted by Crippen LogP contribution is -2.28. The molecule has 2 aromatic carbocycles. The molecule has 5 heteroatoms. The van der Waals surface area contributed by atoms with E-state index in [1.165, 1.54) is 0 Å². The van der Waals surface area contributed by atoms with Crippen molar-refractivity contribution >= 4 is 34.8 Å². The minimum absolute atomic E-state index is 0.0571. The van der Waals surface area contributed by atoms with E-state index in [1.807, 2.05) is 38.1 Å². The van der Waals surface area contributed by atoms with Gasteiger partial charge in [0, 0.05) is 29.4 Å². The lowest BCUT2D eigenvalue weighted by molar-refractivity contribution is -0.122. The van der Waals surface area contributed by atoms with E-state index in [1.54, 1.807) is 23.1 Å². The van der Waals surface area contributed by atoms with Crippen LogP contribution in [0.2, 0.25) is 5.02 Å². The molecule has 2 aromatic rings. The molecule has 0 unspecified atom stereocenters. The van der Waals surface area contributed by atoms with Crippen LogP contribution in [-0.2, 0) is 9.59 Å². The monoisotopic (exact) mass is 342 g/mol. The van der Waals surface area contributed by atoms with Gasteiger partial charge in [-0.3, -0.25) is 9.59 Å². The van der Waals surface area contributed by atoms with Gasteiger partial charge < -0.3 is 10.2 Å². The van der Waals surface area contributed by atoms with Crippen LogP contribution < -0.4 is 10.2 Å². The first kappa shape index (κ1) is 16.5. The quantitative estimate of drug-likeness (QED) is 0.918. The van der Waals surface area contributed by atoms with Crippen LogP contribution in [0, 0.1) is 19.8 Å². The zero-order valence-corrected chi connectivity index (χ0v) is 14.4. The van der Waals surface area contributed by atoms with Gasteiger partial charge in [0.1, 0.15) is 0 Å². The van der Waals surface area contributed by atoms with Gasteiger partial charge in [0.2, 0.25) is 11.8 Å². The Kier molecular flexibility index (Phi) is 4.58. The topological polar surface area (TPSA) is 49.4 Å². The summed E-state index contributed by atoms with van der Waals surface area (Å²) in [6.45, 7) is 4.35. The van der Waals surface area contributed by atoms with Gasteiger partial charge in [-0.2, -0.15) is 0 Å². The van der Waals surface area contributed by atoms with E-state index in [2.05, 4.69) is 5.32 Å². The van der Waals surface area contributed by atoms with Gasteiger partial charge in [0.25, 0.3) is 0 Å². The molecule has 24 heavy (non-hydrogen) atoms. The van der Waals surface area contributed by atoms with E-state index >= 15 is 0 Å². The largest absolute Gasteiger partial charge is 0.326 e. The molecule has 1 saturated heterocycles. The first-order chi connectivity index (χ1) is 11.5. The van der Waals surface area contributed by atoms with Crippen molar-refractivity contribution in [1.82, 2.24) is 0 Å². The Bertz CT molecular complexity index is 804. The fourth-order valence-corrected chi connectivity index (χ4v) is 3.08. The highest BCUT2D eigenvalue weighted by Crippen LogP contribution is 2.28. The van der Waals surface area contributed by atoms with Crippen LogP contribution in [0.5, 0.6) is 0 Å². The zero-order chi connectivity index (χ0) is 17.3. The van der Waals surface area contributed by atoms with Gasteiger partial charge in [-0.15, -0.1) is 0 Å². The van der Waals surface area contributed by atoms with Crippen molar-refractivity contribution in [3.8, 4) is 0 Å². The first-order valence-electron chi connectivity index (χ1n) is 7.88. The molecule has 0 bridgehead atoms. The van der Waals surface area contributed by atoms with Crippen LogP contribution in [-0.4, -0.2) is 18.4 Å². The summed E-state index contributed by atoms with van der Waals surface area (Å²) in [6, 6.07) is 12.9. The van der Waals surface area contributed by atoms with Crippen molar-refractivity contribution in [3.05, 3.63) is 58.6 Å². The highest BCUT2D eigenvalue weighted by molar-refractivity contribution is 6.31. The fourth-order valence-electron chi connectivity index (χ4n) is 2.90. The first-order valence-corrected chi connectivity index (χ1v) is 8.26. The lowest BCUT2D eigenvalue weighted by Gasteiger charge is -2.17. The number of halogens is 1. The van der Waals surface area contributed by atoms with Crippen LogP contribution in [0.15, 0.2) is 42.5 Å². The molecule has 1 aliphatic heterocycles. The van der Waals surface area contributed by atoms with Gasteiger partial charge in [0.15, 0.2) is 0 Å². The smallest absolute Gasteiger partial charge is 0.229 e. The normalized spacial score (nSPS) is 17.2. The molecule has 0 radical (unpaired) electrons. The maximum absolute atomic E-state index is 12.6. The molecule has 0 spiro atoms. The molecular formula is C19H19ClN2O2. The second-order valence-corrected chi connectivity index (χ2v) is 6.56. The molecule has 4 nitrogen and oxygen atoms in total. The summed E-state index contributed by atoms with van der Waals surface area (Å²) in [7, 11) is 0. The molecule has 1 fully saturated rings. The summed E-state index contributed by atoms with van der Waals surface area (Å²) in [6.07, 6.45) is 0.212. The molecule has 1 aliphatic rings. The van der Waals surface area contributed by atoms with Gasteiger partial charge in [-0.05, 0) is 49.2 Å². The number of aryl methyl sites for hydroxylation is 1. The number of benzene rings is 2. The predicted octanol–water partition coefficient (Wildman–Crippen LogP) is 3.95. The highest BCUT2D eigenvalue weighted by Gasteiger charge is 2.35. The van der Waals surface area contributed by atoms with E-state index in [-0.39, 0.29) is 24.2 Å². The second kappa shape index (κ2) is 6.65. The third kappa shape index (κ3) is 3.29. The Morgan fingerprint density at radius 3 is 2.71 bits per heavy atom. The van der Waals surface area contributed by atoms with Crippen LogP contribution in [0.4, 0.5) is 11.4 Å². The Morgan fingerprint density at radius 1 is 1.21 bits per heavy atom. The van der Waals surface area contributed by atoms with Crippen molar-refractivity contribution < 1.29 is 9.59 Å². The Labute approximate surface area is 146 Å². The number of hydrogen-bond acceptors (Lipinski definition) is 2. The second-order valence-electron chi connectivity index (χ2n) is 6.12. The van der Waals surface area contributed by atoms with Crippen LogP contribution in [0.1, 0.15) is 17.5 Å². The van der Waals surface area contributed by atoms with Gasteiger partial charge in [0.05, 0.1) is 5.92 Å². The molecule has 0 aromatic heterocycles. The lowest BCUT2D eigenvalue weighted by atomic mass is 10.1. The number of carbonyl (C=O) groups excluding carboxylic acids is 2. The zero-order valence-electron chi connectivity index (χ0n) is 13.7. The van der Waals surface area contributed by atoms with E-state index in [4.69, 9.17) is 11.6 Å². The van der Waals surface area contributed by atoms with Crippen molar-refractivity contribution in [1.29, 1.82) is 0 Å². The van der Waals surface area contributed by atoms with E-state index in [0.29, 0.717) is 11.6 Å². The minimum atomic E-state index is -0.364. The predicted molar refractivity (Wildman–Crippen MR) is 96.5 cm³/mol. The van der Waals surface area contributed by atoms with E-state index < -0.39 is 0 Å². The summed E-state index contributed by atoms with van der Waals surface area (Å²) < 4.78 is 0. The summed E-state index contributed by atoms with van der Waals surface area (Å²) >= 11 is 5.99. The number of rotatable bonds is 3. The summed E-state index contributed by atoms with van der Waals surface area (Å²) in [5, 5.41) is 3.53. The summed E-state index contributed by atoms with van der Waals surface area (Å²) in [5.74, 6) is -0.545. The molecule has 0 saturated carbocycles. The summed E-state index contributed by atoms with van der Waals surface area (Å²) in [5.41, 5.74) is 3.70. The Morgan fingerprint density at radius 2 is 1.96 bits per heavy atom. The van der Waals surface area contributed by atoms with Crippen molar-refractivity contribution in [2.75, 3.05) is 16.8 Å². The van der Waals surface area contributed by atoms with Crippen molar-refractivity contribution in [3.63, 3.8) is 0 Å². The van der Waals surface area contributed by atoms with Crippen LogP contribution >= 0.6 is 11.6 Å². The standard InChI is InChI=1S/C19H19ClN2O2/c1-12-5-3-8-17(13(12)2)21-19(24)14-9-18(23)22(11-14)16-7-4-6-15(20)10-16/h3-8,10,14H,9,11H2,1-2H3,(H,21,24)/t14-/m1/s1. The highest BCUT2D eigenvalue weighted by atomic mass is 35.5. The molecule has 3 rings (SSSR count). The van der Waals surface area contributed by atoms with Gasteiger partial charge in [-0.1, -0.05) is 29.8 Å². The fraction of sp³-hybridized carbons (Fsp3) is 0.263. The van der Waals surface area contributed by atoms with Crippen LogP contribution in [0.25, 0.3) is 0 Å². The third-order valence-corrected chi connectivity index (χ3v) is 4.71.